The van der Waals surface area contributed by atoms with Gasteiger partial charge in [-0.2, -0.15) is 11.8 Å². The van der Waals surface area contributed by atoms with Gasteiger partial charge in [-0.1, -0.05) is 23.7 Å². The summed E-state index contributed by atoms with van der Waals surface area (Å²) >= 11 is 7.52. The van der Waals surface area contributed by atoms with Crippen molar-refractivity contribution in [1.29, 1.82) is 0 Å². The average Bonchev–Trinajstić information content (AvgIpc) is 2.35. The van der Waals surface area contributed by atoms with Gasteiger partial charge in [-0.15, -0.1) is 6.58 Å². The van der Waals surface area contributed by atoms with Gasteiger partial charge >= 0.3 is 0 Å². The Morgan fingerprint density at radius 2 is 2.33 bits per heavy atom. The molecule has 1 N–H and O–H groups in total. The number of hydrogen-bond donors (Lipinski definition) is 1. The number of nitrogens with one attached hydrogen (secondary N) is 1. The lowest BCUT2D eigenvalue weighted by Crippen LogP contribution is -2.16. The zero-order chi connectivity index (χ0) is 13.4. The van der Waals surface area contributed by atoms with E-state index in [9.17, 15) is 10.1 Å². The third-order valence-electron chi connectivity index (χ3n) is 2.20. The molecule has 0 spiro atoms. The van der Waals surface area contributed by atoms with Crippen molar-refractivity contribution in [3.05, 3.63) is 51.6 Å². The largest absolute Gasteiger partial charge is 0.312 e. The number of benzene rings is 1. The minimum Gasteiger partial charge on any atom is -0.312 e. The Kier molecular flexibility index (Phi) is 6.78. The van der Waals surface area contributed by atoms with E-state index in [4.69, 9.17) is 11.6 Å². The Bertz CT molecular complexity index is 427. The van der Waals surface area contributed by atoms with Crippen LogP contribution in [0.1, 0.15) is 5.56 Å². The van der Waals surface area contributed by atoms with Crippen LogP contribution in [0.25, 0.3) is 0 Å². The number of nitro groups is 1. The highest BCUT2D eigenvalue weighted by Gasteiger charge is 2.12. The van der Waals surface area contributed by atoms with E-state index in [1.165, 1.54) is 6.07 Å². The lowest BCUT2D eigenvalue weighted by atomic mass is 10.2. The number of nitrogens with zero attached hydrogens (tertiary/aromatic N) is 1. The highest BCUT2D eigenvalue weighted by atomic mass is 35.5. The van der Waals surface area contributed by atoms with Gasteiger partial charge in [-0.05, 0) is 11.6 Å². The molecule has 0 saturated heterocycles. The Hall–Kier alpha value is -1.04. The molecule has 98 valence electrons. The summed E-state index contributed by atoms with van der Waals surface area (Å²) in [6.07, 6.45) is 1.87. The van der Waals surface area contributed by atoms with Crippen molar-refractivity contribution in [2.24, 2.45) is 0 Å². The second-order valence-corrected chi connectivity index (χ2v) is 5.14. The third-order valence-corrected chi connectivity index (χ3v) is 3.48. The molecule has 0 aliphatic heterocycles. The van der Waals surface area contributed by atoms with Gasteiger partial charge in [0.2, 0.25) is 0 Å². The topological polar surface area (TPSA) is 55.2 Å². The number of thioether (sulfide) groups is 1. The smallest absolute Gasteiger partial charge is 0.288 e. The lowest BCUT2D eigenvalue weighted by Gasteiger charge is -2.05. The summed E-state index contributed by atoms with van der Waals surface area (Å²) in [5.74, 6) is 1.93. The average molecular weight is 287 g/mol. The monoisotopic (exact) mass is 286 g/mol. The van der Waals surface area contributed by atoms with Gasteiger partial charge < -0.3 is 5.32 Å². The SMILES string of the molecule is C=CCSCCNCc1ccc(Cl)c([N+](=O)[O-])c1. The van der Waals surface area contributed by atoms with Crippen LogP contribution in [0.2, 0.25) is 5.02 Å². The predicted octanol–water partition coefficient (Wildman–Crippen LogP) is 3.26. The molecule has 1 aromatic carbocycles. The molecule has 0 saturated carbocycles. The van der Waals surface area contributed by atoms with Crippen LogP contribution < -0.4 is 5.32 Å². The fourth-order valence-electron chi connectivity index (χ4n) is 1.35. The fraction of sp³-hybridized carbons (Fsp3) is 0.333. The maximum absolute atomic E-state index is 10.7. The molecular formula is C12H15ClN2O2S. The van der Waals surface area contributed by atoms with Gasteiger partial charge in [-0.3, -0.25) is 10.1 Å². The highest BCUT2D eigenvalue weighted by Crippen LogP contribution is 2.24. The molecule has 1 aromatic rings. The summed E-state index contributed by atoms with van der Waals surface area (Å²) in [6, 6.07) is 4.86. The predicted molar refractivity (Wildman–Crippen MR) is 77.3 cm³/mol. The molecule has 1 rings (SSSR count). The maximum Gasteiger partial charge on any atom is 0.288 e. The van der Waals surface area contributed by atoms with Crippen LogP contribution in [-0.2, 0) is 6.54 Å². The van der Waals surface area contributed by atoms with Crippen molar-refractivity contribution in [3.63, 3.8) is 0 Å². The van der Waals surface area contributed by atoms with Crippen molar-refractivity contribution in [2.75, 3.05) is 18.1 Å². The minimum absolute atomic E-state index is 0.0444. The first kappa shape index (κ1) is 15.0. The minimum atomic E-state index is -0.466. The van der Waals surface area contributed by atoms with Crippen molar-refractivity contribution in [3.8, 4) is 0 Å². The first-order chi connectivity index (χ1) is 8.65. The number of nitro benzene ring substituents is 1. The normalized spacial score (nSPS) is 10.3. The van der Waals surface area contributed by atoms with Gasteiger partial charge in [0, 0.05) is 30.7 Å². The quantitative estimate of drug-likeness (QED) is 0.345. The van der Waals surface area contributed by atoms with E-state index >= 15 is 0 Å². The van der Waals surface area contributed by atoms with E-state index in [0.717, 1.165) is 23.6 Å². The molecular weight excluding hydrogens is 272 g/mol. The van der Waals surface area contributed by atoms with E-state index < -0.39 is 4.92 Å². The zero-order valence-electron chi connectivity index (χ0n) is 9.89. The first-order valence-electron chi connectivity index (χ1n) is 5.47. The van der Waals surface area contributed by atoms with Crippen molar-refractivity contribution < 1.29 is 4.92 Å². The van der Waals surface area contributed by atoms with E-state index in [2.05, 4.69) is 11.9 Å². The lowest BCUT2D eigenvalue weighted by molar-refractivity contribution is -0.384. The van der Waals surface area contributed by atoms with Gasteiger partial charge in [0.05, 0.1) is 4.92 Å². The highest BCUT2D eigenvalue weighted by molar-refractivity contribution is 7.99. The molecule has 0 bridgehead atoms. The molecule has 0 aliphatic rings. The molecule has 0 fully saturated rings. The molecule has 18 heavy (non-hydrogen) atoms. The van der Waals surface area contributed by atoms with Crippen molar-refractivity contribution in [2.45, 2.75) is 6.54 Å². The maximum atomic E-state index is 10.7. The molecule has 4 nitrogen and oxygen atoms in total. The van der Waals surface area contributed by atoms with Crippen molar-refractivity contribution in [1.82, 2.24) is 5.32 Å². The fourth-order valence-corrected chi connectivity index (χ4v) is 2.16. The van der Waals surface area contributed by atoms with Gasteiger partial charge in [-0.25, -0.2) is 0 Å². The van der Waals surface area contributed by atoms with Crippen molar-refractivity contribution >= 4 is 29.1 Å². The van der Waals surface area contributed by atoms with Crippen LogP contribution >= 0.6 is 23.4 Å². The van der Waals surface area contributed by atoms with E-state index in [1.807, 2.05) is 6.08 Å². The van der Waals surface area contributed by atoms with Crippen LogP contribution in [0.3, 0.4) is 0 Å². The van der Waals surface area contributed by atoms with Gasteiger partial charge in [0.15, 0.2) is 0 Å². The Labute approximate surface area is 116 Å². The van der Waals surface area contributed by atoms with Crippen LogP contribution in [0.4, 0.5) is 5.69 Å². The molecule has 6 heteroatoms. The molecule has 0 aliphatic carbocycles. The summed E-state index contributed by atoms with van der Waals surface area (Å²) in [5, 5.41) is 14.1. The van der Waals surface area contributed by atoms with E-state index in [0.29, 0.717) is 6.54 Å². The third kappa shape index (κ3) is 5.08. The molecule has 0 atom stereocenters. The number of halogens is 1. The summed E-state index contributed by atoms with van der Waals surface area (Å²) in [4.78, 5) is 10.2. The second kappa shape index (κ2) is 8.13. The molecule has 0 aromatic heterocycles. The van der Waals surface area contributed by atoms with Gasteiger partial charge in [0.25, 0.3) is 5.69 Å². The summed E-state index contributed by atoms with van der Waals surface area (Å²) < 4.78 is 0. The van der Waals surface area contributed by atoms with E-state index in [1.54, 1.807) is 23.9 Å². The summed E-state index contributed by atoms with van der Waals surface area (Å²) in [7, 11) is 0. The molecule has 0 heterocycles. The number of rotatable bonds is 8. The first-order valence-corrected chi connectivity index (χ1v) is 7.00. The molecule has 0 radical (unpaired) electrons. The molecule has 0 unspecified atom stereocenters. The molecule has 0 amide bonds. The Morgan fingerprint density at radius 3 is 3.00 bits per heavy atom. The van der Waals surface area contributed by atoms with E-state index in [-0.39, 0.29) is 10.7 Å². The van der Waals surface area contributed by atoms with Crippen LogP contribution in [0, 0.1) is 10.1 Å². The standard InChI is InChI=1S/C12H15ClN2O2S/c1-2-6-18-7-5-14-9-10-3-4-11(13)12(8-10)15(16)17/h2-4,8,14H,1,5-7,9H2. The summed E-state index contributed by atoms with van der Waals surface area (Å²) in [6.45, 7) is 5.10. The summed E-state index contributed by atoms with van der Waals surface area (Å²) in [5.41, 5.74) is 0.816. The van der Waals surface area contributed by atoms with Gasteiger partial charge in [0.1, 0.15) is 5.02 Å². The van der Waals surface area contributed by atoms with Crippen LogP contribution in [0.5, 0.6) is 0 Å². The Balaban J connectivity index is 2.41. The number of hydrogen-bond acceptors (Lipinski definition) is 4. The van der Waals surface area contributed by atoms with Crippen LogP contribution in [-0.4, -0.2) is 23.0 Å². The van der Waals surface area contributed by atoms with Crippen LogP contribution in [0.15, 0.2) is 30.9 Å². The Morgan fingerprint density at radius 1 is 1.56 bits per heavy atom. The second-order valence-electron chi connectivity index (χ2n) is 3.58. The zero-order valence-corrected chi connectivity index (χ0v) is 11.5.